The standard InChI is InChI=1S/C21H18N4O4S2/c1-30(26,27)18-6-2-4-14(12-18)19-7-3-5-15-13-23-21(25-20(15)19)24-16-8-10-17(11-9-16)31(22,28)29/h2-13H,1H3,(H2,22,28,29)(H,23,24,25). The third kappa shape index (κ3) is 4.55. The van der Waals surface area contributed by atoms with Gasteiger partial charge < -0.3 is 5.32 Å². The van der Waals surface area contributed by atoms with Crippen molar-refractivity contribution >= 4 is 42.4 Å². The minimum absolute atomic E-state index is 0.00512. The van der Waals surface area contributed by atoms with Crippen LogP contribution in [0.15, 0.2) is 82.7 Å². The van der Waals surface area contributed by atoms with Gasteiger partial charge in [-0.2, -0.15) is 0 Å². The maximum atomic E-state index is 11.9. The highest BCUT2D eigenvalue weighted by Gasteiger charge is 2.12. The number of rotatable bonds is 5. The van der Waals surface area contributed by atoms with Crippen molar-refractivity contribution in [1.82, 2.24) is 9.97 Å². The third-order valence-corrected chi connectivity index (χ3v) is 6.66. The second-order valence-electron chi connectivity index (χ2n) is 6.93. The van der Waals surface area contributed by atoms with Crippen LogP contribution < -0.4 is 10.5 Å². The minimum atomic E-state index is -3.77. The number of nitrogens with one attached hydrogen (secondary N) is 1. The van der Waals surface area contributed by atoms with E-state index < -0.39 is 19.9 Å². The highest BCUT2D eigenvalue weighted by molar-refractivity contribution is 7.90. The molecule has 0 radical (unpaired) electrons. The smallest absolute Gasteiger partial charge is 0.238 e. The Bertz CT molecular complexity index is 1500. The van der Waals surface area contributed by atoms with E-state index in [0.29, 0.717) is 17.2 Å². The fourth-order valence-corrected chi connectivity index (χ4v) is 4.28. The molecule has 1 aromatic heterocycles. The van der Waals surface area contributed by atoms with Crippen LogP contribution >= 0.6 is 0 Å². The molecule has 0 fully saturated rings. The average molecular weight is 455 g/mol. The van der Waals surface area contributed by atoms with Crippen molar-refractivity contribution in [2.24, 2.45) is 5.14 Å². The van der Waals surface area contributed by atoms with E-state index in [9.17, 15) is 16.8 Å². The van der Waals surface area contributed by atoms with Gasteiger partial charge in [-0.1, -0.05) is 30.3 Å². The minimum Gasteiger partial charge on any atom is -0.324 e. The number of hydrogen-bond donors (Lipinski definition) is 2. The fourth-order valence-electron chi connectivity index (χ4n) is 3.10. The van der Waals surface area contributed by atoms with Gasteiger partial charge in [0.2, 0.25) is 16.0 Å². The summed E-state index contributed by atoms with van der Waals surface area (Å²) in [5.41, 5.74) is 2.71. The van der Waals surface area contributed by atoms with Crippen LogP contribution in [0.2, 0.25) is 0 Å². The molecule has 10 heteroatoms. The number of anilines is 2. The van der Waals surface area contributed by atoms with Crippen LogP contribution in [0.25, 0.3) is 22.0 Å². The van der Waals surface area contributed by atoms with Crippen LogP contribution in [-0.4, -0.2) is 33.1 Å². The molecule has 0 spiro atoms. The highest BCUT2D eigenvalue weighted by atomic mass is 32.2. The lowest BCUT2D eigenvalue weighted by molar-refractivity contribution is 0.597. The maximum Gasteiger partial charge on any atom is 0.238 e. The quantitative estimate of drug-likeness (QED) is 0.473. The van der Waals surface area contributed by atoms with Gasteiger partial charge >= 0.3 is 0 Å². The topological polar surface area (TPSA) is 132 Å². The van der Waals surface area contributed by atoms with E-state index >= 15 is 0 Å². The molecule has 158 valence electrons. The predicted molar refractivity (Wildman–Crippen MR) is 119 cm³/mol. The first-order chi connectivity index (χ1) is 14.6. The number of fused-ring (bicyclic) bond motifs is 1. The van der Waals surface area contributed by atoms with Crippen LogP contribution in [0, 0.1) is 0 Å². The lowest BCUT2D eigenvalue weighted by atomic mass is 10.0. The predicted octanol–water partition coefficient (Wildman–Crippen LogP) is 3.09. The van der Waals surface area contributed by atoms with Crippen molar-refractivity contribution in [2.45, 2.75) is 9.79 Å². The first-order valence-corrected chi connectivity index (χ1v) is 12.5. The highest BCUT2D eigenvalue weighted by Crippen LogP contribution is 2.29. The second-order valence-corrected chi connectivity index (χ2v) is 10.5. The molecule has 4 rings (SSSR count). The van der Waals surface area contributed by atoms with E-state index in [4.69, 9.17) is 5.14 Å². The molecule has 0 bridgehead atoms. The van der Waals surface area contributed by atoms with Crippen LogP contribution in [0.3, 0.4) is 0 Å². The molecule has 1 heterocycles. The summed E-state index contributed by atoms with van der Waals surface area (Å²) >= 11 is 0. The molecule has 4 aromatic rings. The van der Waals surface area contributed by atoms with Gasteiger partial charge in [0.25, 0.3) is 0 Å². The number of nitrogens with zero attached hydrogens (tertiary/aromatic N) is 2. The summed E-state index contributed by atoms with van der Waals surface area (Å²) in [6, 6.07) is 18.2. The summed E-state index contributed by atoms with van der Waals surface area (Å²) < 4.78 is 46.7. The largest absolute Gasteiger partial charge is 0.324 e. The van der Waals surface area contributed by atoms with Gasteiger partial charge in [-0.3, -0.25) is 0 Å². The summed E-state index contributed by atoms with van der Waals surface area (Å²) in [5, 5.41) is 8.94. The van der Waals surface area contributed by atoms with Crippen molar-refractivity contribution in [3.8, 4) is 11.1 Å². The summed E-state index contributed by atoms with van der Waals surface area (Å²) in [6.07, 6.45) is 2.83. The maximum absolute atomic E-state index is 11.9. The molecule has 0 saturated heterocycles. The molecule has 3 N–H and O–H groups in total. The van der Waals surface area contributed by atoms with Crippen LogP contribution in [0.5, 0.6) is 0 Å². The van der Waals surface area contributed by atoms with E-state index in [1.54, 1.807) is 36.5 Å². The zero-order valence-corrected chi connectivity index (χ0v) is 18.0. The number of sulfonamides is 1. The Kier molecular flexibility index (Phi) is 5.21. The van der Waals surface area contributed by atoms with Gasteiger partial charge in [0.1, 0.15) is 0 Å². The number of nitrogens with two attached hydrogens (primary N) is 1. The number of primary sulfonamides is 1. The molecule has 3 aromatic carbocycles. The molecule has 0 amide bonds. The van der Waals surface area contributed by atoms with E-state index in [1.807, 2.05) is 24.3 Å². The van der Waals surface area contributed by atoms with E-state index in [1.165, 1.54) is 18.4 Å². The second kappa shape index (κ2) is 7.73. The van der Waals surface area contributed by atoms with Crippen LogP contribution in [0.4, 0.5) is 11.6 Å². The van der Waals surface area contributed by atoms with Crippen molar-refractivity contribution in [1.29, 1.82) is 0 Å². The Labute approximate surface area is 179 Å². The first-order valence-electron chi connectivity index (χ1n) is 9.07. The Morgan fingerprint density at radius 3 is 2.26 bits per heavy atom. The molecule has 0 aliphatic rings. The number of aromatic nitrogens is 2. The molecule has 0 aliphatic heterocycles. The van der Waals surface area contributed by atoms with E-state index in [2.05, 4.69) is 15.3 Å². The molecule has 0 aliphatic carbocycles. The molecule has 8 nitrogen and oxygen atoms in total. The van der Waals surface area contributed by atoms with E-state index in [-0.39, 0.29) is 9.79 Å². The molecular weight excluding hydrogens is 436 g/mol. The van der Waals surface area contributed by atoms with Crippen molar-refractivity contribution in [2.75, 3.05) is 11.6 Å². The van der Waals surface area contributed by atoms with Crippen molar-refractivity contribution in [3.05, 3.63) is 72.9 Å². The van der Waals surface area contributed by atoms with Gasteiger partial charge in [-0.15, -0.1) is 0 Å². The SMILES string of the molecule is CS(=O)(=O)c1cccc(-c2cccc3cnc(Nc4ccc(S(N)(=O)=O)cc4)nc23)c1. The molecular formula is C21H18N4O4S2. The summed E-state index contributed by atoms with van der Waals surface area (Å²) in [7, 11) is -7.12. The third-order valence-electron chi connectivity index (χ3n) is 4.62. The number of para-hydroxylation sites is 1. The number of sulfone groups is 1. The summed E-state index contributed by atoms with van der Waals surface area (Å²) in [6.45, 7) is 0. The Hall–Kier alpha value is -3.34. The zero-order valence-electron chi connectivity index (χ0n) is 16.3. The lowest BCUT2D eigenvalue weighted by Gasteiger charge is -2.10. The zero-order chi connectivity index (χ0) is 22.2. The summed E-state index contributed by atoms with van der Waals surface area (Å²) in [5.74, 6) is 0.308. The first kappa shape index (κ1) is 20.9. The number of hydrogen-bond acceptors (Lipinski definition) is 7. The molecule has 0 unspecified atom stereocenters. The lowest BCUT2D eigenvalue weighted by Crippen LogP contribution is -2.11. The normalized spacial score (nSPS) is 12.1. The van der Waals surface area contributed by atoms with Crippen molar-refractivity contribution < 1.29 is 16.8 Å². The summed E-state index contributed by atoms with van der Waals surface area (Å²) in [4.78, 5) is 9.13. The molecule has 31 heavy (non-hydrogen) atoms. The van der Waals surface area contributed by atoms with Crippen LogP contribution in [-0.2, 0) is 19.9 Å². The van der Waals surface area contributed by atoms with Crippen molar-refractivity contribution in [3.63, 3.8) is 0 Å². The van der Waals surface area contributed by atoms with Gasteiger partial charge in [0, 0.05) is 29.1 Å². The van der Waals surface area contributed by atoms with Crippen LogP contribution in [0.1, 0.15) is 0 Å². The van der Waals surface area contributed by atoms with E-state index in [0.717, 1.165) is 16.5 Å². The number of benzene rings is 3. The average Bonchev–Trinajstić information content (AvgIpc) is 2.72. The Morgan fingerprint density at radius 1 is 0.871 bits per heavy atom. The van der Waals surface area contributed by atoms with Gasteiger partial charge in [0.05, 0.1) is 15.3 Å². The van der Waals surface area contributed by atoms with Gasteiger partial charge in [-0.05, 0) is 42.0 Å². The Balaban J connectivity index is 1.74. The fraction of sp³-hybridized carbons (Fsp3) is 0.0476. The van der Waals surface area contributed by atoms with Gasteiger partial charge in [-0.25, -0.2) is 31.9 Å². The monoisotopic (exact) mass is 454 g/mol. The molecule has 0 saturated carbocycles. The Morgan fingerprint density at radius 2 is 1.58 bits per heavy atom. The van der Waals surface area contributed by atoms with Gasteiger partial charge in [0.15, 0.2) is 9.84 Å². The molecule has 0 atom stereocenters.